The molecule has 3 rings (SSSR count). The van der Waals surface area contributed by atoms with Crippen LogP contribution in [0.5, 0.6) is 0 Å². The van der Waals surface area contributed by atoms with Gasteiger partial charge in [0.1, 0.15) is 0 Å². The quantitative estimate of drug-likeness (QED) is 0.379. The van der Waals surface area contributed by atoms with Crippen molar-refractivity contribution in [3.05, 3.63) is 48.6 Å². The first-order valence-corrected chi connectivity index (χ1v) is 7.70. The fourth-order valence-electron chi connectivity index (χ4n) is 1.99. The number of thioether (sulfide) groups is 2. The Morgan fingerprint density at radius 3 is 1.53 bits per heavy atom. The lowest BCUT2D eigenvalue weighted by Crippen LogP contribution is -2.40. The molecule has 0 amide bonds. The number of hydrogen-bond acceptors (Lipinski definition) is 2. The molecule has 1 saturated heterocycles. The Morgan fingerprint density at radius 2 is 1.11 bits per heavy atom. The minimum atomic E-state index is -6.00. The van der Waals surface area contributed by atoms with Gasteiger partial charge in [-0.2, -0.15) is 0 Å². The molecule has 4 unspecified atom stereocenters. The summed E-state index contributed by atoms with van der Waals surface area (Å²) >= 11 is 4.20. The molecule has 1 fully saturated rings. The third-order valence-electron chi connectivity index (χ3n) is 2.70. The number of hydrogen-bond donors (Lipinski definition) is 0. The van der Waals surface area contributed by atoms with Crippen molar-refractivity contribution in [2.45, 2.75) is 21.0 Å². The first kappa shape index (κ1) is 14.8. The van der Waals surface area contributed by atoms with Crippen LogP contribution in [0.3, 0.4) is 0 Å². The van der Waals surface area contributed by atoms with Gasteiger partial charge in [-0.25, -0.2) is 0 Å². The van der Waals surface area contributed by atoms with E-state index in [0.29, 0.717) is 21.0 Å². The van der Waals surface area contributed by atoms with E-state index >= 15 is 0 Å². The third kappa shape index (κ3) is 4.80. The number of rotatable bonds is 0. The summed E-state index contributed by atoms with van der Waals surface area (Å²) in [6, 6.07) is 0. The molecule has 103 valence electrons. The molecule has 0 aromatic rings. The fourth-order valence-corrected chi connectivity index (χ4v) is 5.19. The average Bonchev–Trinajstić information content (AvgIpc) is 2.34. The summed E-state index contributed by atoms with van der Waals surface area (Å²) in [5.74, 6) is 0. The monoisotopic (exact) mass is 307 g/mol. The van der Waals surface area contributed by atoms with Gasteiger partial charge < -0.3 is 17.3 Å². The highest BCUT2D eigenvalue weighted by molar-refractivity contribution is 8.03. The maximum Gasteiger partial charge on any atom is 0.673 e. The first-order valence-electron chi connectivity index (χ1n) is 5.82. The second kappa shape index (κ2) is 6.26. The lowest BCUT2D eigenvalue weighted by Gasteiger charge is -2.28. The van der Waals surface area contributed by atoms with Crippen LogP contribution < -0.4 is 0 Å². The Labute approximate surface area is 118 Å². The van der Waals surface area contributed by atoms with Crippen LogP contribution in [0, 0.1) is 0 Å². The van der Waals surface area contributed by atoms with Crippen molar-refractivity contribution >= 4 is 30.8 Å². The van der Waals surface area contributed by atoms with E-state index < -0.39 is 7.25 Å². The zero-order valence-electron chi connectivity index (χ0n) is 9.83. The van der Waals surface area contributed by atoms with Gasteiger partial charge in [-0.05, 0) is 12.2 Å². The van der Waals surface area contributed by atoms with Crippen molar-refractivity contribution in [1.29, 1.82) is 0 Å². The number of fused-ring (bicyclic) bond motifs is 2. The van der Waals surface area contributed by atoms with Crippen LogP contribution in [0.2, 0.25) is 0 Å². The van der Waals surface area contributed by atoms with Crippen molar-refractivity contribution in [3.8, 4) is 0 Å². The molecule has 1 radical (unpaired) electrons. The van der Waals surface area contributed by atoms with E-state index in [1.165, 1.54) is 0 Å². The molecule has 19 heavy (non-hydrogen) atoms. The van der Waals surface area contributed by atoms with Crippen molar-refractivity contribution < 1.29 is 17.3 Å². The van der Waals surface area contributed by atoms with E-state index in [4.69, 9.17) is 0 Å². The van der Waals surface area contributed by atoms with Gasteiger partial charge in [0, 0.05) is 0 Å². The van der Waals surface area contributed by atoms with Crippen LogP contribution in [0.1, 0.15) is 0 Å². The maximum atomic E-state index is 9.75. The Kier molecular flexibility index (Phi) is 4.89. The van der Waals surface area contributed by atoms with Gasteiger partial charge in [-0.15, -0.1) is 11.8 Å². The summed E-state index contributed by atoms with van der Waals surface area (Å²) in [6.45, 7) is 0. The normalized spacial score (nSPS) is 35.2. The summed E-state index contributed by atoms with van der Waals surface area (Å²) in [5.41, 5.74) is 0. The molecule has 1 heterocycles. The van der Waals surface area contributed by atoms with Crippen LogP contribution >= 0.6 is 11.8 Å². The molecule has 4 atom stereocenters. The van der Waals surface area contributed by atoms with Gasteiger partial charge in [0.2, 0.25) is 22.3 Å². The number of allylic oxidation sites excluding steroid dienone is 4. The van der Waals surface area contributed by atoms with E-state index in [0.717, 1.165) is 0 Å². The highest BCUT2D eigenvalue weighted by Crippen LogP contribution is 2.38. The molecule has 0 N–H and O–H groups in total. The van der Waals surface area contributed by atoms with Gasteiger partial charge in [-0.1, -0.05) is 36.5 Å². The zero-order chi connectivity index (χ0) is 13.9. The van der Waals surface area contributed by atoms with Crippen molar-refractivity contribution in [2.24, 2.45) is 0 Å². The molecule has 0 aromatic heterocycles. The summed E-state index contributed by atoms with van der Waals surface area (Å²) < 4.78 is 39.0. The molecule has 0 aromatic carbocycles. The second-order valence-electron chi connectivity index (χ2n) is 4.17. The Hall–Kier alpha value is -0.555. The Morgan fingerprint density at radius 1 is 0.737 bits per heavy atom. The van der Waals surface area contributed by atoms with E-state index in [2.05, 4.69) is 72.1 Å². The predicted octanol–water partition coefficient (Wildman–Crippen LogP) is 3.84. The highest BCUT2D eigenvalue weighted by atomic mass is 32.2. The van der Waals surface area contributed by atoms with Crippen molar-refractivity contribution in [3.63, 3.8) is 0 Å². The van der Waals surface area contributed by atoms with Crippen molar-refractivity contribution in [2.75, 3.05) is 0 Å². The lowest BCUT2D eigenvalue weighted by molar-refractivity contribution is 0.368. The van der Waals surface area contributed by atoms with Crippen molar-refractivity contribution in [1.82, 2.24) is 0 Å². The molecule has 0 spiro atoms. The van der Waals surface area contributed by atoms with Gasteiger partial charge in [0.05, 0.1) is 10.5 Å². The van der Waals surface area contributed by atoms with Crippen LogP contribution in [0.15, 0.2) is 48.6 Å². The fraction of sp³-hybridized carbons (Fsp3) is 0.333. The Balaban J connectivity index is 0.000000232. The van der Waals surface area contributed by atoms with Gasteiger partial charge in [0.15, 0.2) is 0 Å². The highest BCUT2D eigenvalue weighted by Gasteiger charge is 2.45. The topological polar surface area (TPSA) is 0 Å². The van der Waals surface area contributed by atoms with Gasteiger partial charge in [-0.3, -0.25) is 0 Å². The van der Waals surface area contributed by atoms with E-state index in [1.54, 1.807) is 0 Å². The smallest absolute Gasteiger partial charge is 0.418 e. The van der Waals surface area contributed by atoms with Crippen LogP contribution in [0.25, 0.3) is 0 Å². The molecular formula is C12H12BF4S2. The lowest BCUT2D eigenvalue weighted by atomic mass is 10.1. The molecule has 0 saturated carbocycles. The summed E-state index contributed by atoms with van der Waals surface area (Å²) in [6.07, 6.45) is 18.1. The van der Waals surface area contributed by atoms with E-state index in [9.17, 15) is 17.3 Å². The molecule has 1 aliphatic heterocycles. The first-order chi connectivity index (χ1) is 8.93. The van der Waals surface area contributed by atoms with E-state index in [-0.39, 0.29) is 0 Å². The average molecular weight is 307 g/mol. The van der Waals surface area contributed by atoms with Crippen LogP contribution in [-0.2, 0) is 11.8 Å². The zero-order valence-corrected chi connectivity index (χ0v) is 11.5. The second-order valence-corrected chi connectivity index (χ2v) is 6.89. The van der Waals surface area contributed by atoms with E-state index in [1.807, 2.05) is 0 Å². The summed E-state index contributed by atoms with van der Waals surface area (Å²) in [7, 11) is -6.00. The molecule has 2 aliphatic carbocycles. The third-order valence-corrected chi connectivity index (χ3v) is 6.10. The van der Waals surface area contributed by atoms with Gasteiger partial charge >= 0.3 is 7.25 Å². The Bertz CT molecular complexity index is 356. The minimum Gasteiger partial charge on any atom is -0.418 e. The molecule has 3 aliphatic rings. The largest absolute Gasteiger partial charge is 0.673 e. The van der Waals surface area contributed by atoms with Gasteiger partial charge in [0.25, 0.3) is 0 Å². The molecule has 7 heteroatoms. The molecule has 0 bridgehead atoms. The maximum absolute atomic E-state index is 9.75. The minimum absolute atomic E-state index is 0.683. The predicted molar refractivity (Wildman–Crippen MR) is 76.9 cm³/mol. The molecule has 0 nitrogen and oxygen atoms in total. The summed E-state index contributed by atoms with van der Waals surface area (Å²) in [5, 5.41) is 2.73. The standard InChI is InChI=1S/C12H12S2.BF4/c1-2-6-10-9(5-1)13-11-7-3-4-8-12(11)14-10;2-1(3,4)5/h1-12H;/q+1;-1. The SMILES string of the molecule is C1=CC2SC3C=CC=CC3[S+]C2C=C1.F[B-](F)(F)F. The summed E-state index contributed by atoms with van der Waals surface area (Å²) in [4.78, 5) is 0. The van der Waals surface area contributed by atoms with Crippen LogP contribution in [-0.4, -0.2) is 28.3 Å². The van der Waals surface area contributed by atoms with Crippen LogP contribution in [0.4, 0.5) is 17.3 Å². The molecular weight excluding hydrogens is 295 g/mol. The number of halogens is 4.